The summed E-state index contributed by atoms with van der Waals surface area (Å²) in [6.07, 6.45) is 32.3. The van der Waals surface area contributed by atoms with Gasteiger partial charge in [-0.3, -0.25) is 0 Å². The minimum Gasteiger partial charge on any atom is -0.301 e. The maximum absolute atomic E-state index is 10.6. The maximum atomic E-state index is 10.6. The summed E-state index contributed by atoms with van der Waals surface area (Å²) in [5.74, 6) is -0.617. The van der Waals surface area contributed by atoms with Gasteiger partial charge in [0.15, 0.2) is 0 Å². The molecule has 0 saturated heterocycles. The Morgan fingerprint density at radius 2 is 1.20 bits per heavy atom. The Balaban J connectivity index is 3.65. The van der Waals surface area contributed by atoms with Gasteiger partial charge in [0.1, 0.15) is 0 Å². The summed E-state index contributed by atoms with van der Waals surface area (Å²) < 4.78 is 0. The first-order valence-corrected chi connectivity index (χ1v) is 9.13. The van der Waals surface area contributed by atoms with Crippen LogP contribution >= 0.6 is 0 Å². The minimum absolute atomic E-state index is 0.180. The summed E-state index contributed by atoms with van der Waals surface area (Å²) in [5, 5.41) is 8.07. The number of allylic oxidation sites excluding steroid dienone is 12. The van der Waals surface area contributed by atoms with Crippen molar-refractivity contribution in [3.8, 4) is 0 Å². The van der Waals surface area contributed by atoms with Crippen LogP contribution in [0.15, 0.2) is 72.9 Å². The second-order valence-electron chi connectivity index (χ2n) is 5.60. The molecule has 0 aromatic carbocycles. The molecule has 0 bridgehead atoms. The first-order valence-electron chi connectivity index (χ1n) is 9.13. The van der Waals surface area contributed by atoms with E-state index in [0.29, 0.717) is 6.42 Å². The van der Waals surface area contributed by atoms with E-state index >= 15 is 0 Å². The van der Waals surface area contributed by atoms with Gasteiger partial charge in [-0.25, -0.2) is 4.79 Å². The van der Waals surface area contributed by atoms with Crippen LogP contribution in [0, 0.1) is 0 Å². The molecule has 3 heteroatoms. The zero-order valence-electron chi connectivity index (χ0n) is 15.3. The highest BCUT2D eigenvalue weighted by molar-refractivity contribution is 5.68. The largest absolute Gasteiger partial charge is 0.342 e. The van der Waals surface area contributed by atoms with E-state index in [1.54, 1.807) is 0 Å². The fourth-order valence-corrected chi connectivity index (χ4v) is 1.98. The molecule has 0 saturated carbocycles. The second-order valence-corrected chi connectivity index (χ2v) is 5.60. The Morgan fingerprint density at radius 1 is 0.720 bits per heavy atom. The first-order chi connectivity index (χ1) is 12.3. The lowest BCUT2D eigenvalue weighted by Crippen LogP contribution is -1.98. The lowest BCUT2D eigenvalue weighted by molar-refractivity contribution is -0.234. The molecule has 0 radical (unpaired) electrons. The van der Waals surface area contributed by atoms with E-state index in [9.17, 15) is 4.79 Å². The van der Waals surface area contributed by atoms with Crippen LogP contribution < -0.4 is 0 Å². The van der Waals surface area contributed by atoms with E-state index in [4.69, 9.17) is 5.26 Å². The lowest BCUT2D eigenvalue weighted by Gasteiger charge is -1.95. The summed E-state index contributed by atoms with van der Waals surface area (Å²) in [6.45, 7) is 2.24. The van der Waals surface area contributed by atoms with Crippen LogP contribution in [0.25, 0.3) is 0 Å². The van der Waals surface area contributed by atoms with Crippen molar-refractivity contribution < 1.29 is 14.9 Å². The van der Waals surface area contributed by atoms with Crippen LogP contribution in [0.2, 0.25) is 0 Å². The molecule has 0 aliphatic rings. The highest BCUT2D eigenvalue weighted by atomic mass is 17.1. The van der Waals surface area contributed by atoms with E-state index in [1.807, 2.05) is 60.8 Å². The Hall–Kier alpha value is -2.13. The minimum atomic E-state index is -0.617. The molecule has 25 heavy (non-hydrogen) atoms. The smallest absolute Gasteiger partial charge is 0.301 e. The fourth-order valence-electron chi connectivity index (χ4n) is 1.98. The number of carbonyl (C=O) groups excluding carboxylic acids is 1. The third kappa shape index (κ3) is 19.8. The Morgan fingerprint density at radius 3 is 1.72 bits per heavy atom. The van der Waals surface area contributed by atoms with Gasteiger partial charge in [-0.05, 0) is 19.3 Å². The van der Waals surface area contributed by atoms with Crippen LogP contribution in [-0.2, 0) is 9.68 Å². The molecule has 0 amide bonds. The van der Waals surface area contributed by atoms with Gasteiger partial charge in [0.05, 0.1) is 6.42 Å². The van der Waals surface area contributed by atoms with E-state index in [0.717, 1.165) is 6.42 Å². The molecular formula is C22H32O3. The molecule has 0 aliphatic heterocycles. The van der Waals surface area contributed by atoms with Gasteiger partial charge in [-0.2, -0.15) is 5.26 Å². The molecule has 0 atom stereocenters. The van der Waals surface area contributed by atoms with Crippen LogP contribution in [0.3, 0.4) is 0 Å². The number of unbranched alkanes of at least 4 members (excludes halogenated alkanes) is 5. The zero-order valence-corrected chi connectivity index (χ0v) is 15.3. The van der Waals surface area contributed by atoms with Gasteiger partial charge < -0.3 is 4.89 Å². The van der Waals surface area contributed by atoms with Gasteiger partial charge in [0.2, 0.25) is 0 Å². The number of carbonyl (C=O) groups is 1. The SMILES string of the molecule is CCCCCCC/C=C/C=C/C=C/C=C/C=C/C=C/CCC(=O)OO. The van der Waals surface area contributed by atoms with Crippen LogP contribution in [0.4, 0.5) is 0 Å². The molecule has 1 N–H and O–H groups in total. The molecule has 0 rings (SSSR count). The summed E-state index contributed by atoms with van der Waals surface area (Å²) >= 11 is 0. The summed E-state index contributed by atoms with van der Waals surface area (Å²) in [5.41, 5.74) is 0. The predicted octanol–water partition coefficient (Wildman–Crippen LogP) is 6.48. The molecule has 0 fully saturated rings. The Bertz CT molecular complexity index is 480. The fraction of sp³-hybridized carbons (Fsp3) is 0.409. The molecule has 0 aromatic heterocycles. The third-order valence-corrected chi connectivity index (χ3v) is 3.36. The standard InChI is InChI=1S/C22H32O3/c1-2-3-4-5-6-7-8-9-10-11-12-13-14-15-16-17-18-19-20-21-22(23)25-24/h8-19,24H,2-7,20-21H2,1H3/b9-8+,11-10+,13-12+,15-14+,17-16+,19-18+. The van der Waals surface area contributed by atoms with Crippen molar-refractivity contribution in [3.63, 3.8) is 0 Å². The van der Waals surface area contributed by atoms with Crippen LogP contribution in [-0.4, -0.2) is 11.2 Å². The molecule has 0 aromatic rings. The van der Waals surface area contributed by atoms with Crippen molar-refractivity contribution >= 4 is 5.97 Å². The van der Waals surface area contributed by atoms with Crippen LogP contribution in [0.1, 0.15) is 58.3 Å². The highest BCUT2D eigenvalue weighted by Crippen LogP contribution is 2.05. The molecule has 0 aliphatic carbocycles. The average molecular weight is 344 g/mol. The number of rotatable bonds is 14. The van der Waals surface area contributed by atoms with Gasteiger partial charge >= 0.3 is 5.97 Å². The summed E-state index contributed by atoms with van der Waals surface area (Å²) in [4.78, 5) is 14.2. The number of hydrogen-bond donors (Lipinski definition) is 1. The van der Waals surface area contributed by atoms with E-state index in [2.05, 4.69) is 24.0 Å². The van der Waals surface area contributed by atoms with Gasteiger partial charge in [0.25, 0.3) is 0 Å². The van der Waals surface area contributed by atoms with E-state index in [1.165, 1.54) is 32.1 Å². The van der Waals surface area contributed by atoms with Gasteiger partial charge in [-0.15, -0.1) is 0 Å². The van der Waals surface area contributed by atoms with E-state index < -0.39 is 5.97 Å². The predicted molar refractivity (Wildman–Crippen MR) is 106 cm³/mol. The highest BCUT2D eigenvalue weighted by Gasteiger charge is 1.97. The Labute approximate surface area is 152 Å². The summed E-state index contributed by atoms with van der Waals surface area (Å²) in [7, 11) is 0. The van der Waals surface area contributed by atoms with Crippen molar-refractivity contribution in [2.45, 2.75) is 58.3 Å². The van der Waals surface area contributed by atoms with Crippen molar-refractivity contribution in [2.75, 3.05) is 0 Å². The first kappa shape index (κ1) is 22.9. The third-order valence-electron chi connectivity index (χ3n) is 3.36. The summed E-state index contributed by atoms with van der Waals surface area (Å²) in [6, 6.07) is 0. The molecule has 138 valence electrons. The maximum Gasteiger partial charge on any atom is 0.342 e. The van der Waals surface area contributed by atoms with Crippen molar-refractivity contribution in [1.29, 1.82) is 0 Å². The van der Waals surface area contributed by atoms with Gasteiger partial charge in [0, 0.05) is 0 Å². The van der Waals surface area contributed by atoms with Crippen LogP contribution in [0.5, 0.6) is 0 Å². The average Bonchev–Trinajstić information content (AvgIpc) is 2.63. The molecule has 3 nitrogen and oxygen atoms in total. The zero-order chi connectivity index (χ0) is 18.4. The van der Waals surface area contributed by atoms with E-state index in [-0.39, 0.29) is 6.42 Å². The quantitative estimate of drug-likeness (QED) is 0.170. The second kappa shape index (κ2) is 19.9. The van der Waals surface area contributed by atoms with Gasteiger partial charge in [-0.1, -0.05) is 106 Å². The lowest BCUT2D eigenvalue weighted by atomic mass is 10.1. The van der Waals surface area contributed by atoms with Crippen molar-refractivity contribution in [1.82, 2.24) is 0 Å². The van der Waals surface area contributed by atoms with Crippen molar-refractivity contribution in [2.24, 2.45) is 0 Å². The normalized spacial score (nSPS) is 12.9. The molecule has 0 heterocycles. The topological polar surface area (TPSA) is 46.5 Å². The number of hydrogen-bond acceptors (Lipinski definition) is 3. The molecule has 0 unspecified atom stereocenters. The Kier molecular flexibility index (Phi) is 18.2. The van der Waals surface area contributed by atoms with Crippen molar-refractivity contribution in [3.05, 3.63) is 72.9 Å². The molecule has 0 spiro atoms. The molecular weight excluding hydrogens is 312 g/mol. The monoisotopic (exact) mass is 344 g/mol.